The molecule has 7 nitrogen and oxygen atoms in total. The van der Waals surface area contributed by atoms with Gasteiger partial charge in [-0.05, 0) is 18.4 Å². The number of nitrogens with zero attached hydrogens (tertiary/aromatic N) is 3. The first kappa shape index (κ1) is 19.3. The van der Waals surface area contributed by atoms with E-state index in [1.165, 1.54) is 5.56 Å². The highest BCUT2D eigenvalue weighted by atomic mass is 16.2. The lowest BCUT2D eigenvalue weighted by Crippen LogP contribution is -2.44. The molecule has 1 fully saturated rings. The number of nitrogens with two attached hydrogens (primary N) is 1. The largest absolute Gasteiger partial charge is 0.348 e. The molecule has 3 rings (SSSR count). The molecule has 27 heavy (non-hydrogen) atoms. The molecule has 1 aromatic heterocycles. The normalized spacial score (nSPS) is 15.7. The molecule has 7 heteroatoms. The third-order valence-corrected chi connectivity index (χ3v) is 4.87. The molecule has 0 spiro atoms. The molecule has 1 amide bonds. The van der Waals surface area contributed by atoms with Crippen molar-refractivity contribution in [2.24, 2.45) is 5.84 Å². The third-order valence-electron chi connectivity index (χ3n) is 4.87. The van der Waals surface area contributed by atoms with E-state index < -0.39 is 0 Å². The average molecular weight is 368 g/mol. The maximum atomic E-state index is 12.7. The Kier molecular flexibility index (Phi) is 6.36. The van der Waals surface area contributed by atoms with Gasteiger partial charge < -0.3 is 10.7 Å². The van der Waals surface area contributed by atoms with Crippen molar-refractivity contribution in [1.29, 1.82) is 0 Å². The van der Waals surface area contributed by atoms with Crippen LogP contribution >= 0.6 is 0 Å². The quantitative estimate of drug-likeness (QED) is 0.535. The zero-order chi connectivity index (χ0) is 19.2. The van der Waals surface area contributed by atoms with Gasteiger partial charge in [-0.2, -0.15) is 0 Å². The fourth-order valence-electron chi connectivity index (χ4n) is 3.28. The maximum Gasteiger partial charge on any atom is 0.272 e. The number of piperidine rings is 1. The molecule has 1 aromatic carbocycles. The smallest absolute Gasteiger partial charge is 0.272 e. The lowest BCUT2D eigenvalue weighted by Gasteiger charge is -2.32. The van der Waals surface area contributed by atoms with E-state index >= 15 is 0 Å². The topological polar surface area (TPSA) is 96.2 Å². The van der Waals surface area contributed by atoms with E-state index in [2.05, 4.69) is 49.9 Å². The molecule has 1 aliphatic heterocycles. The molecule has 0 saturated carbocycles. The summed E-state index contributed by atoms with van der Waals surface area (Å²) >= 11 is 0. The number of likely N-dealkylation sites (tertiary alicyclic amines) is 1. The minimum atomic E-state index is -0.200. The van der Waals surface area contributed by atoms with E-state index in [4.69, 9.17) is 5.84 Å². The summed E-state index contributed by atoms with van der Waals surface area (Å²) in [5.74, 6) is 6.10. The number of nitrogen functional groups attached to an aromatic ring is 1. The fraction of sp³-hybridized carbons (Fsp3) is 0.450. The molecule has 0 unspecified atom stereocenters. The second-order valence-corrected chi connectivity index (χ2v) is 7.30. The second-order valence-electron chi connectivity index (χ2n) is 7.30. The summed E-state index contributed by atoms with van der Waals surface area (Å²) in [6.07, 6.45) is 3.41. The number of anilines is 1. The van der Waals surface area contributed by atoms with Crippen molar-refractivity contribution < 1.29 is 4.79 Å². The minimum absolute atomic E-state index is 0.143. The highest BCUT2D eigenvalue weighted by molar-refractivity contribution is 5.97. The van der Waals surface area contributed by atoms with Crippen molar-refractivity contribution in [3.63, 3.8) is 0 Å². The molecule has 1 aliphatic rings. The average Bonchev–Trinajstić information content (AvgIpc) is 2.69. The van der Waals surface area contributed by atoms with E-state index in [1.54, 1.807) is 6.20 Å². The Labute approximate surface area is 160 Å². The van der Waals surface area contributed by atoms with Crippen LogP contribution in [-0.2, 0) is 6.54 Å². The summed E-state index contributed by atoms with van der Waals surface area (Å²) in [5, 5.41) is 3.11. The van der Waals surface area contributed by atoms with Gasteiger partial charge in [-0.25, -0.2) is 9.97 Å². The first-order chi connectivity index (χ1) is 13.1. The van der Waals surface area contributed by atoms with Crippen LogP contribution in [0.1, 0.15) is 54.5 Å². The van der Waals surface area contributed by atoms with Crippen LogP contribution in [-0.4, -0.2) is 39.9 Å². The summed E-state index contributed by atoms with van der Waals surface area (Å²) in [6.45, 7) is 6.86. The van der Waals surface area contributed by atoms with Crippen molar-refractivity contribution >= 4 is 11.6 Å². The van der Waals surface area contributed by atoms with Gasteiger partial charge in [0.05, 0.1) is 11.9 Å². The molecule has 2 aromatic rings. The molecular weight excluding hydrogens is 340 g/mol. The summed E-state index contributed by atoms with van der Waals surface area (Å²) in [7, 11) is 0. The van der Waals surface area contributed by atoms with Gasteiger partial charge in [0.25, 0.3) is 5.91 Å². The van der Waals surface area contributed by atoms with Crippen LogP contribution in [0.5, 0.6) is 0 Å². The van der Waals surface area contributed by atoms with Crippen LogP contribution < -0.4 is 16.6 Å². The highest BCUT2D eigenvalue weighted by Gasteiger charge is 2.23. The van der Waals surface area contributed by atoms with Gasteiger partial charge in [-0.3, -0.25) is 15.5 Å². The van der Waals surface area contributed by atoms with Crippen LogP contribution in [0.2, 0.25) is 0 Å². The van der Waals surface area contributed by atoms with E-state index in [1.807, 2.05) is 19.9 Å². The molecule has 0 aliphatic carbocycles. The highest BCUT2D eigenvalue weighted by Crippen LogP contribution is 2.18. The number of aromatic nitrogens is 2. The number of hydrazine groups is 1. The van der Waals surface area contributed by atoms with Crippen molar-refractivity contribution in [2.45, 2.75) is 45.2 Å². The SMILES string of the molecule is CC(C)c1ncc(NN)c(C(=O)NC2CCN(Cc3ccccc3)CC2)n1. The van der Waals surface area contributed by atoms with Crippen LogP contribution in [0.4, 0.5) is 5.69 Å². The zero-order valence-electron chi connectivity index (χ0n) is 16.0. The number of benzene rings is 1. The Balaban J connectivity index is 1.57. The molecule has 0 atom stereocenters. The van der Waals surface area contributed by atoms with Gasteiger partial charge in [0.1, 0.15) is 5.82 Å². The minimum Gasteiger partial charge on any atom is -0.348 e. The molecule has 0 bridgehead atoms. The predicted octanol–water partition coefficient (Wildman–Crippen LogP) is 2.28. The third kappa shape index (κ3) is 5.02. The van der Waals surface area contributed by atoms with Crippen LogP contribution in [0, 0.1) is 0 Å². The Morgan fingerprint density at radius 3 is 2.59 bits per heavy atom. The van der Waals surface area contributed by atoms with Gasteiger partial charge in [0.2, 0.25) is 0 Å². The van der Waals surface area contributed by atoms with E-state index in [0.717, 1.165) is 32.5 Å². The Morgan fingerprint density at radius 1 is 1.26 bits per heavy atom. The van der Waals surface area contributed by atoms with Gasteiger partial charge in [0, 0.05) is 31.6 Å². The summed E-state index contributed by atoms with van der Waals surface area (Å²) in [5.41, 5.74) is 4.59. The van der Waals surface area contributed by atoms with Crippen molar-refractivity contribution in [3.05, 3.63) is 53.6 Å². The second kappa shape index (κ2) is 8.92. The van der Waals surface area contributed by atoms with Gasteiger partial charge >= 0.3 is 0 Å². The van der Waals surface area contributed by atoms with Gasteiger partial charge in [-0.1, -0.05) is 44.2 Å². The first-order valence-electron chi connectivity index (χ1n) is 9.47. The van der Waals surface area contributed by atoms with Gasteiger partial charge in [-0.15, -0.1) is 0 Å². The zero-order valence-corrected chi connectivity index (χ0v) is 16.0. The monoisotopic (exact) mass is 368 g/mol. The maximum absolute atomic E-state index is 12.7. The predicted molar refractivity (Wildman–Crippen MR) is 106 cm³/mol. The molecule has 144 valence electrons. The molecule has 4 N–H and O–H groups in total. The molecule has 1 saturated heterocycles. The number of hydrogen-bond donors (Lipinski definition) is 3. The van der Waals surface area contributed by atoms with Crippen molar-refractivity contribution in [1.82, 2.24) is 20.2 Å². The van der Waals surface area contributed by atoms with E-state index in [0.29, 0.717) is 17.2 Å². The van der Waals surface area contributed by atoms with Crippen molar-refractivity contribution in [2.75, 3.05) is 18.5 Å². The van der Waals surface area contributed by atoms with Crippen LogP contribution in [0.25, 0.3) is 0 Å². The van der Waals surface area contributed by atoms with Gasteiger partial charge in [0.15, 0.2) is 5.69 Å². The fourth-order valence-corrected chi connectivity index (χ4v) is 3.28. The number of carbonyl (C=O) groups excluding carboxylic acids is 1. The first-order valence-corrected chi connectivity index (χ1v) is 9.47. The molecule has 2 heterocycles. The molecular formula is C20H28N6O. The number of carbonyl (C=O) groups is 1. The van der Waals surface area contributed by atoms with Crippen LogP contribution in [0.3, 0.4) is 0 Å². The molecule has 0 radical (unpaired) electrons. The van der Waals surface area contributed by atoms with E-state index in [9.17, 15) is 4.79 Å². The number of hydrogen-bond acceptors (Lipinski definition) is 6. The summed E-state index contributed by atoms with van der Waals surface area (Å²) < 4.78 is 0. The van der Waals surface area contributed by atoms with Crippen LogP contribution in [0.15, 0.2) is 36.5 Å². The summed E-state index contributed by atoms with van der Waals surface area (Å²) in [6, 6.07) is 10.6. The standard InChI is InChI=1S/C20H28N6O/c1-14(2)19-22-12-17(25-21)18(24-19)20(27)23-16-8-10-26(11-9-16)13-15-6-4-3-5-7-15/h3-7,12,14,16,25H,8-11,13,21H2,1-2H3,(H,23,27). The Bertz CT molecular complexity index is 756. The Hall–Kier alpha value is -2.51. The van der Waals surface area contributed by atoms with Crippen molar-refractivity contribution in [3.8, 4) is 0 Å². The number of nitrogens with one attached hydrogen (secondary N) is 2. The number of rotatable bonds is 6. The lowest BCUT2D eigenvalue weighted by molar-refractivity contribution is 0.0904. The van der Waals surface area contributed by atoms with E-state index in [-0.39, 0.29) is 17.9 Å². The Morgan fingerprint density at radius 2 is 1.96 bits per heavy atom. The summed E-state index contributed by atoms with van der Waals surface area (Å²) in [4.78, 5) is 23.8. The lowest BCUT2D eigenvalue weighted by atomic mass is 10.0. The number of amides is 1.